The maximum absolute atomic E-state index is 13.7. The van der Waals surface area contributed by atoms with Crippen LogP contribution in [0.5, 0.6) is 5.75 Å². The van der Waals surface area contributed by atoms with E-state index in [9.17, 15) is 18.0 Å². The van der Waals surface area contributed by atoms with Crippen LogP contribution in [0.1, 0.15) is 24.0 Å². The van der Waals surface area contributed by atoms with E-state index in [0.29, 0.717) is 22.9 Å². The summed E-state index contributed by atoms with van der Waals surface area (Å²) in [7, 11) is -0.478. The number of amides is 2. The molecule has 0 bridgehead atoms. The smallest absolute Gasteiger partial charge is 0.242 e. The Morgan fingerprint density at radius 2 is 1.64 bits per heavy atom. The number of likely N-dealkylation sites (N-methyl/N-ethyl adjacent to an activating group) is 1. The molecule has 8 nitrogen and oxygen atoms in total. The van der Waals surface area contributed by atoms with Crippen LogP contribution in [0.2, 0.25) is 5.02 Å². The highest BCUT2D eigenvalue weighted by atomic mass is 35.5. The van der Waals surface area contributed by atoms with Crippen molar-refractivity contribution in [3.8, 4) is 5.75 Å². The minimum Gasteiger partial charge on any atom is -0.497 e. The number of nitrogens with zero attached hydrogens (tertiary/aromatic N) is 2. The summed E-state index contributed by atoms with van der Waals surface area (Å²) in [6, 6.07) is 22.6. The minimum atomic E-state index is -3.59. The van der Waals surface area contributed by atoms with E-state index in [4.69, 9.17) is 16.3 Å². The number of hydrogen-bond donors (Lipinski definition) is 1. The second kappa shape index (κ2) is 14.0. The predicted molar refractivity (Wildman–Crippen MR) is 154 cm³/mol. The van der Waals surface area contributed by atoms with Gasteiger partial charge in [0, 0.05) is 38.0 Å². The van der Waals surface area contributed by atoms with Crippen molar-refractivity contribution in [1.29, 1.82) is 0 Å². The van der Waals surface area contributed by atoms with Crippen LogP contribution < -0.4 is 14.4 Å². The second-order valence-corrected chi connectivity index (χ2v) is 11.5. The molecule has 0 heterocycles. The summed E-state index contributed by atoms with van der Waals surface area (Å²) in [6.45, 7) is 0.288. The Balaban J connectivity index is 1.85. The molecule has 0 aliphatic heterocycles. The molecule has 0 unspecified atom stereocenters. The summed E-state index contributed by atoms with van der Waals surface area (Å²) < 4.78 is 31.6. The van der Waals surface area contributed by atoms with Crippen molar-refractivity contribution >= 4 is 39.1 Å². The Kier molecular flexibility index (Phi) is 10.8. The van der Waals surface area contributed by atoms with Gasteiger partial charge in [0.05, 0.1) is 19.1 Å². The third-order valence-corrected chi connectivity index (χ3v) is 7.72. The van der Waals surface area contributed by atoms with Gasteiger partial charge in [0.1, 0.15) is 11.8 Å². The van der Waals surface area contributed by atoms with E-state index >= 15 is 0 Å². The van der Waals surface area contributed by atoms with Gasteiger partial charge >= 0.3 is 0 Å². The van der Waals surface area contributed by atoms with E-state index in [1.54, 1.807) is 43.3 Å². The summed E-state index contributed by atoms with van der Waals surface area (Å²) in [5.74, 6) is 0.104. The van der Waals surface area contributed by atoms with Crippen molar-refractivity contribution in [2.75, 3.05) is 31.3 Å². The highest BCUT2D eigenvalue weighted by Gasteiger charge is 2.30. The number of carbonyl (C=O) groups excluding carboxylic acids is 2. The molecule has 3 aromatic carbocycles. The molecule has 0 radical (unpaired) electrons. The zero-order valence-electron chi connectivity index (χ0n) is 22.3. The molecule has 0 aliphatic rings. The highest BCUT2D eigenvalue weighted by Crippen LogP contribution is 2.22. The topological polar surface area (TPSA) is 96.0 Å². The van der Waals surface area contributed by atoms with Crippen molar-refractivity contribution in [3.63, 3.8) is 0 Å². The standard InChI is InChI=1S/C29H34ClN3O5S/c1-31-29(35)27(20-22-9-5-4-6-10-22)32(21-23-11-7-12-26(19-23)38-2)28(34)13-8-18-33(39(3,36)37)25-16-14-24(30)15-17-25/h4-7,9-12,14-17,19,27H,8,13,18,20-21H2,1-3H3,(H,31,35)/t27-/m1/s1. The quantitative estimate of drug-likeness (QED) is 0.330. The Hall–Kier alpha value is -3.56. The molecular formula is C29H34ClN3O5S. The van der Waals surface area contributed by atoms with Crippen molar-refractivity contribution in [1.82, 2.24) is 10.2 Å². The van der Waals surface area contributed by atoms with Gasteiger partial charge < -0.3 is 15.0 Å². The van der Waals surface area contributed by atoms with Crippen LogP contribution in [0, 0.1) is 0 Å². The summed E-state index contributed by atoms with van der Waals surface area (Å²) >= 11 is 5.96. The van der Waals surface area contributed by atoms with Crippen LogP contribution in [0.25, 0.3) is 0 Å². The lowest BCUT2D eigenvalue weighted by atomic mass is 10.0. The van der Waals surface area contributed by atoms with Gasteiger partial charge in [0.15, 0.2) is 0 Å². The monoisotopic (exact) mass is 571 g/mol. The summed E-state index contributed by atoms with van der Waals surface area (Å²) in [6.07, 6.45) is 1.76. The van der Waals surface area contributed by atoms with Gasteiger partial charge in [0.2, 0.25) is 21.8 Å². The highest BCUT2D eigenvalue weighted by molar-refractivity contribution is 7.92. The maximum atomic E-state index is 13.7. The fourth-order valence-electron chi connectivity index (χ4n) is 4.30. The van der Waals surface area contributed by atoms with Crippen LogP contribution in [0.15, 0.2) is 78.9 Å². The van der Waals surface area contributed by atoms with E-state index in [2.05, 4.69) is 5.32 Å². The van der Waals surface area contributed by atoms with E-state index in [1.807, 2.05) is 54.6 Å². The van der Waals surface area contributed by atoms with Crippen LogP contribution >= 0.6 is 11.6 Å². The Morgan fingerprint density at radius 1 is 0.974 bits per heavy atom. The summed E-state index contributed by atoms with van der Waals surface area (Å²) in [4.78, 5) is 28.3. The van der Waals surface area contributed by atoms with Crippen molar-refractivity contribution in [2.24, 2.45) is 0 Å². The fraction of sp³-hybridized carbons (Fsp3) is 0.310. The molecule has 0 spiro atoms. The van der Waals surface area contributed by atoms with Gasteiger partial charge in [0.25, 0.3) is 0 Å². The lowest BCUT2D eigenvalue weighted by molar-refractivity contribution is -0.141. The van der Waals surface area contributed by atoms with E-state index in [0.717, 1.165) is 17.4 Å². The first-order valence-electron chi connectivity index (χ1n) is 12.5. The van der Waals surface area contributed by atoms with Gasteiger partial charge in [-0.25, -0.2) is 8.42 Å². The third-order valence-electron chi connectivity index (χ3n) is 6.27. The van der Waals surface area contributed by atoms with Crippen LogP contribution in [0.4, 0.5) is 5.69 Å². The molecule has 2 amide bonds. The first-order valence-corrected chi connectivity index (χ1v) is 14.8. The molecular weight excluding hydrogens is 538 g/mol. The molecule has 0 aromatic heterocycles. The van der Waals surface area contributed by atoms with Crippen LogP contribution in [0.3, 0.4) is 0 Å². The average molecular weight is 572 g/mol. The number of benzene rings is 3. The average Bonchev–Trinajstić information content (AvgIpc) is 2.93. The molecule has 3 aromatic rings. The molecule has 208 valence electrons. The number of halogens is 1. The first kappa shape index (κ1) is 30.0. The third kappa shape index (κ3) is 8.73. The van der Waals surface area contributed by atoms with Gasteiger partial charge in [-0.1, -0.05) is 54.1 Å². The molecule has 10 heteroatoms. The van der Waals surface area contributed by atoms with Crippen molar-refractivity contribution in [2.45, 2.75) is 31.8 Å². The number of sulfonamides is 1. The van der Waals surface area contributed by atoms with Gasteiger partial charge in [-0.15, -0.1) is 0 Å². The molecule has 1 atom stereocenters. The number of anilines is 1. The molecule has 0 aliphatic carbocycles. The van der Waals surface area contributed by atoms with Crippen molar-refractivity contribution in [3.05, 3.63) is 95.0 Å². The van der Waals surface area contributed by atoms with Crippen molar-refractivity contribution < 1.29 is 22.7 Å². The van der Waals surface area contributed by atoms with E-state index < -0.39 is 16.1 Å². The molecule has 3 rings (SSSR count). The Labute approximate surface area is 235 Å². The molecule has 0 saturated heterocycles. The summed E-state index contributed by atoms with van der Waals surface area (Å²) in [5.41, 5.74) is 2.19. The number of nitrogens with one attached hydrogen (secondary N) is 1. The SMILES string of the molecule is CNC(=O)[C@@H](Cc1ccccc1)N(Cc1cccc(OC)c1)C(=O)CCCN(c1ccc(Cl)cc1)S(C)(=O)=O. The van der Waals surface area contributed by atoms with Crippen LogP contribution in [-0.4, -0.2) is 58.1 Å². The fourth-order valence-corrected chi connectivity index (χ4v) is 5.39. The van der Waals surface area contributed by atoms with Gasteiger partial charge in [-0.2, -0.15) is 0 Å². The molecule has 0 fully saturated rings. The maximum Gasteiger partial charge on any atom is 0.242 e. The Morgan fingerprint density at radius 3 is 2.26 bits per heavy atom. The predicted octanol–water partition coefficient (Wildman–Crippen LogP) is 4.28. The van der Waals surface area contributed by atoms with Gasteiger partial charge in [-0.05, 0) is 53.9 Å². The normalized spacial score (nSPS) is 11.9. The number of rotatable bonds is 13. The first-order chi connectivity index (χ1) is 18.6. The minimum absolute atomic E-state index is 0.0475. The van der Waals surface area contributed by atoms with E-state index in [1.165, 1.54) is 4.31 Å². The number of hydrogen-bond acceptors (Lipinski definition) is 5. The Bertz CT molecular complexity index is 1350. The zero-order chi connectivity index (χ0) is 28.4. The molecule has 0 saturated carbocycles. The summed E-state index contributed by atoms with van der Waals surface area (Å²) in [5, 5.41) is 3.19. The lowest BCUT2D eigenvalue weighted by Gasteiger charge is -2.31. The number of methoxy groups -OCH3 is 1. The zero-order valence-corrected chi connectivity index (χ0v) is 23.9. The van der Waals surface area contributed by atoms with Gasteiger partial charge in [-0.3, -0.25) is 13.9 Å². The largest absolute Gasteiger partial charge is 0.497 e. The number of ether oxygens (including phenoxy) is 1. The molecule has 1 N–H and O–H groups in total. The molecule has 39 heavy (non-hydrogen) atoms. The van der Waals surface area contributed by atoms with Crippen LogP contribution in [-0.2, 0) is 32.6 Å². The van der Waals surface area contributed by atoms with E-state index in [-0.39, 0.29) is 37.7 Å². The lowest BCUT2D eigenvalue weighted by Crippen LogP contribution is -2.49. The number of carbonyl (C=O) groups is 2. The second-order valence-electron chi connectivity index (χ2n) is 9.11.